The maximum Gasteiger partial charge on any atom is 0.333 e. The molecule has 0 spiro atoms. The lowest BCUT2D eigenvalue weighted by Gasteiger charge is -2.24. The summed E-state index contributed by atoms with van der Waals surface area (Å²) in [7, 11) is 0. The van der Waals surface area contributed by atoms with Crippen LogP contribution in [0.1, 0.15) is 34.6 Å². The van der Waals surface area contributed by atoms with Gasteiger partial charge in [0.25, 0.3) is 0 Å². The summed E-state index contributed by atoms with van der Waals surface area (Å²) in [5.74, 6) is -0.384. The van der Waals surface area contributed by atoms with Gasteiger partial charge in [0.05, 0.1) is 19.8 Å². The van der Waals surface area contributed by atoms with Crippen molar-refractivity contribution in [1.29, 1.82) is 0 Å². The topological polar surface area (TPSA) is 44.8 Å². The van der Waals surface area contributed by atoms with E-state index in [4.69, 9.17) is 14.5 Å². The molecule has 5 heteroatoms. The lowest BCUT2D eigenvalue weighted by molar-refractivity contribution is -0.311. The molecule has 0 aliphatic carbocycles. The van der Waals surface area contributed by atoms with Gasteiger partial charge < -0.3 is 4.74 Å². The fourth-order valence-electron chi connectivity index (χ4n) is 0.809. The Morgan fingerprint density at radius 1 is 1.11 bits per heavy atom. The molecule has 0 saturated heterocycles. The quantitative estimate of drug-likeness (QED) is 0.172. The molecule has 0 fully saturated rings. The summed E-state index contributed by atoms with van der Waals surface area (Å²) in [6, 6.07) is 0. The predicted molar refractivity (Wildman–Crippen MR) is 74.5 cm³/mol. The van der Waals surface area contributed by atoms with Crippen LogP contribution in [-0.2, 0) is 19.3 Å². The van der Waals surface area contributed by atoms with Crippen molar-refractivity contribution in [2.75, 3.05) is 19.8 Å². The van der Waals surface area contributed by atoms with E-state index < -0.39 is 0 Å². The van der Waals surface area contributed by atoms with Gasteiger partial charge >= 0.3 is 5.97 Å². The number of alkyl halides is 1. The van der Waals surface area contributed by atoms with Gasteiger partial charge in [-0.25, -0.2) is 14.6 Å². The van der Waals surface area contributed by atoms with Gasteiger partial charge in [-0.15, -0.1) is 0 Å². The molecule has 0 rings (SSSR count). The lowest BCUT2D eigenvalue weighted by Crippen LogP contribution is -2.28. The second-order valence-corrected chi connectivity index (χ2v) is 7.91. The Morgan fingerprint density at radius 3 is 2.06 bits per heavy atom. The highest BCUT2D eigenvalue weighted by molar-refractivity contribution is 9.10. The number of rotatable bonds is 8. The zero-order valence-electron chi connectivity index (χ0n) is 11.8. The number of hydrogen-bond acceptors (Lipinski definition) is 4. The van der Waals surface area contributed by atoms with Crippen molar-refractivity contribution >= 4 is 21.9 Å². The normalized spacial score (nSPS) is 12.3. The van der Waals surface area contributed by atoms with Gasteiger partial charge in [-0.2, -0.15) is 0 Å². The first-order valence-corrected chi connectivity index (χ1v) is 6.59. The zero-order chi connectivity index (χ0) is 14.4. The van der Waals surface area contributed by atoms with Crippen LogP contribution in [0.2, 0.25) is 0 Å². The Labute approximate surface area is 118 Å². The van der Waals surface area contributed by atoms with Gasteiger partial charge in [0, 0.05) is 15.3 Å². The van der Waals surface area contributed by atoms with Crippen molar-refractivity contribution in [2.45, 2.75) is 38.9 Å². The highest BCUT2D eigenvalue weighted by atomic mass is 79.9. The van der Waals surface area contributed by atoms with Crippen LogP contribution in [0.4, 0.5) is 0 Å². The summed E-state index contributed by atoms with van der Waals surface area (Å²) < 4.78 is 4.96. The molecular formula is C13H23BrO4. The maximum absolute atomic E-state index is 11.3. The van der Waals surface area contributed by atoms with E-state index in [0.29, 0.717) is 18.8 Å². The van der Waals surface area contributed by atoms with Crippen molar-refractivity contribution in [3.8, 4) is 0 Å². The van der Waals surface area contributed by atoms with Crippen molar-refractivity contribution in [1.82, 2.24) is 0 Å². The molecule has 4 nitrogen and oxygen atoms in total. The van der Waals surface area contributed by atoms with E-state index in [1.807, 2.05) is 27.7 Å². The number of hydrogen-bond donors (Lipinski definition) is 0. The monoisotopic (exact) mass is 322 g/mol. The Bertz CT molecular complexity index is 292. The molecule has 0 unspecified atom stereocenters. The molecule has 18 heavy (non-hydrogen) atoms. The van der Waals surface area contributed by atoms with Crippen molar-refractivity contribution < 1.29 is 19.3 Å². The van der Waals surface area contributed by atoms with Crippen LogP contribution in [-0.4, -0.2) is 30.1 Å². The number of halogens is 1. The van der Waals surface area contributed by atoms with Crippen LogP contribution in [0, 0.1) is 5.41 Å². The lowest BCUT2D eigenvalue weighted by atomic mass is 9.96. The first kappa shape index (κ1) is 17.6. The summed E-state index contributed by atoms with van der Waals surface area (Å²) in [5.41, 5.74) is 0.0886. The first-order valence-electron chi connectivity index (χ1n) is 5.79. The number of ether oxygens (including phenoxy) is 1. The van der Waals surface area contributed by atoms with Gasteiger partial charge in [0.15, 0.2) is 0 Å². The Hall–Kier alpha value is -0.390. The number of carbonyl (C=O) groups excluding carboxylic acids is 1. The first-order chi connectivity index (χ1) is 8.03. The van der Waals surface area contributed by atoms with Gasteiger partial charge in [-0.1, -0.05) is 36.4 Å². The summed E-state index contributed by atoms with van der Waals surface area (Å²) in [6.07, 6.45) is 0. The molecule has 0 radical (unpaired) electrons. The SMILES string of the molecule is C=C(C)C(=O)OCC(C)(C)COOCC(C)(C)Br. The molecule has 0 atom stereocenters. The van der Waals surface area contributed by atoms with Crippen LogP contribution in [0.3, 0.4) is 0 Å². The highest BCUT2D eigenvalue weighted by Gasteiger charge is 2.22. The molecule has 0 aromatic rings. The van der Waals surface area contributed by atoms with E-state index in [1.165, 1.54) is 0 Å². The Balaban J connectivity index is 3.87. The third-order valence-electron chi connectivity index (χ3n) is 1.88. The molecule has 0 aliphatic heterocycles. The molecule has 0 aromatic heterocycles. The molecule has 106 valence electrons. The molecule has 0 N–H and O–H groups in total. The minimum atomic E-state index is -0.384. The highest BCUT2D eigenvalue weighted by Crippen LogP contribution is 2.19. The second-order valence-electron chi connectivity index (χ2n) is 5.76. The molecular weight excluding hydrogens is 300 g/mol. The minimum absolute atomic E-state index is 0.121. The number of carbonyl (C=O) groups is 1. The smallest absolute Gasteiger partial charge is 0.333 e. The van der Waals surface area contributed by atoms with Crippen molar-refractivity contribution in [3.05, 3.63) is 12.2 Å². The molecule has 0 aromatic carbocycles. The average molecular weight is 323 g/mol. The Morgan fingerprint density at radius 2 is 1.61 bits per heavy atom. The predicted octanol–water partition coefficient (Wildman–Crippen LogP) is 3.25. The van der Waals surface area contributed by atoms with Crippen molar-refractivity contribution in [2.24, 2.45) is 5.41 Å². The average Bonchev–Trinajstić information content (AvgIpc) is 2.20. The third-order valence-corrected chi connectivity index (χ3v) is 2.11. The van der Waals surface area contributed by atoms with Crippen LogP contribution in [0.5, 0.6) is 0 Å². The van der Waals surface area contributed by atoms with E-state index in [2.05, 4.69) is 22.5 Å². The van der Waals surface area contributed by atoms with Crippen LogP contribution in [0.25, 0.3) is 0 Å². The summed E-state index contributed by atoms with van der Waals surface area (Å²) in [6.45, 7) is 14.0. The van der Waals surface area contributed by atoms with Crippen LogP contribution >= 0.6 is 15.9 Å². The van der Waals surface area contributed by atoms with Gasteiger partial charge in [0.2, 0.25) is 0 Å². The number of esters is 1. The van der Waals surface area contributed by atoms with Gasteiger partial charge in [-0.3, -0.25) is 0 Å². The summed E-state index contributed by atoms with van der Waals surface area (Å²) in [4.78, 5) is 21.5. The Kier molecular flexibility index (Phi) is 7.10. The van der Waals surface area contributed by atoms with E-state index in [-0.39, 0.29) is 22.3 Å². The zero-order valence-corrected chi connectivity index (χ0v) is 13.4. The fourth-order valence-corrected chi connectivity index (χ4v) is 0.902. The molecule has 0 bridgehead atoms. The molecule has 0 amide bonds. The minimum Gasteiger partial charge on any atom is -0.462 e. The van der Waals surface area contributed by atoms with Crippen molar-refractivity contribution in [3.63, 3.8) is 0 Å². The van der Waals surface area contributed by atoms with Crippen LogP contribution in [0.15, 0.2) is 12.2 Å². The standard InChI is InChI=1S/C13H23BrO4/c1-10(2)11(15)16-7-12(3,4)8-17-18-9-13(5,6)14/h1,7-9H2,2-6H3. The van der Waals surface area contributed by atoms with E-state index in [9.17, 15) is 4.79 Å². The molecule has 0 saturated carbocycles. The van der Waals surface area contributed by atoms with E-state index in [0.717, 1.165) is 0 Å². The van der Waals surface area contributed by atoms with E-state index >= 15 is 0 Å². The van der Waals surface area contributed by atoms with E-state index in [1.54, 1.807) is 6.92 Å². The van der Waals surface area contributed by atoms with Gasteiger partial charge in [0.1, 0.15) is 0 Å². The van der Waals surface area contributed by atoms with Crippen LogP contribution < -0.4 is 0 Å². The third kappa shape index (κ3) is 9.62. The fraction of sp³-hybridized carbons (Fsp3) is 0.769. The second kappa shape index (κ2) is 7.26. The molecule has 0 heterocycles. The molecule has 0 aliphatic rings. The largest absolute Gasteiger partial charge is 0.462 e. The van der Waals surface area contributed by atoms with Gasteiger partial charge in [-0.05, 0) is 20.8 Å². The summed E-state index contributed by atoms with van der Waals surface area (Å²) in [5, 5.41) is 0. The maximum atomic E-state index is 11.3. The summed E-state index contributed by atoms with van der Waals surface area (Å²) >= 11 is 3.44.